The van der Waals surface area contributed by atoms with Crippen molar-refractivity contribution in [2.75, 3.05) is 11.9 Å². The molecule has 0 spiro atoms. The molecular weight excluding hydrogens is 339 g/mol. The van der Waals surface area contributed by atoms with E-state index in [1.165, 1.54) is 23.5 Å². The van der Waals surface area contributed by atoms with Crippen LogP contribution in [0.4, 0.5) is 10.1 Å². The number of amides is 2. The monoisotopic (exact) mass is 352 g/mol. The van der Waals surface area contributed by atoms with Crippen LogP contribution in [0.1, 0.15) is 22.5 Å². The van der Waals surface area contributed by atoms with E-state index in [0.717, 1.165) is 6.42 Å². The minimum Gasteiger partial charge on any atom is -0.326 e. The summed E-state index contributed by atoms with van der Waals surface area (Å²) in [6, 6.07) is 7.35. The van der Waals surface area contributed by atoms with Crippen LogP contribution >= 0.6 is 22.9 Å². The van der Waals surface area contributed by atoms with E-state index in [4.69, 9.17) is 11.6 Å². The average molecular weight is 353 g/mol. The van der Waals surface area contributed by atoms with Gasteiger partial charge in [-0.3, -0.25) is 9.59 Å². The molecule has 1 fully saturated rings. The Bertz CT molecular complexity index is 736. The molecule has 1 unspecified atom stereocenters. The molecule has 4 nitrogen and oxygen atoms in total. The number of benzene rings is 1. The van der Waals surface area contributed by atoms with Crippen LogP contribution in [0, 0.1) is 5.82 Å². The smallest absolute Gasteiger partial charge is 0.264 e. The van der Waals surface area contributed by atoms with Gasteiger partial charge in [-0.1, -0.05) is 23.7 Å². The van der Waals surface area contributed by atoms with E-state index >= 15 is 0 Å². The van der Waals surface area contributed by atoms with Gasteiger partial charge >= 0.3 is 0 Å². The Morgan fingerprint density at radius 1 is 1.30 bits per heavy atom. The molecule has 2 heterocycles. The molecule has 1 saturated heterocycles. The lowest BCUT2D eigenvalue weighted by atomic mass is 10.2. The third-order valence-corrected chi connectivity index (χ3v) is 4.91. The summed E-state index contributed by atoms with van der Waals surface area (Å²) in [5, 5.41) is 4.30. The van der Waals surface area contributed by atoms with Crippen LogP contribution in [0.2, 0.25) is 5.02 Å². The number of hydrogen-bond acceptors (Lipinski definition) is 3. The van der Waals surface area contributed by atoms with Crippen molar-refractivity contribution in [3.05, 3.63) is 51.4 Å². The van der Waals surface area contributed by atoms with Crippen LogP contribution in [-0.2, 0) is 4.79 Å². The second kappa shape index (κ2) is 6.68. The minimum absolute atomic E-state index is 0.0259. The Labute approximate surface area is 141 Å². The van der Waals surface area contributed by atoms with E-state index in [9.17, 15) is 14.0 Å². The van der Waals surface area contributed by atoms with E-state index < -0.39 is 17.8 Å². The number of carbonyl (C=O) groups excluding carboxylic acids is 2. The van der Waals surface area contributed by atoms with Crippen molar-refractivity contribution in [3.63, 3.8) is 0 Å². The SMILES string of the molecule is O=C(Nc1cccc(Cl)c1F)C1CCCN1C(=O)c1cccs1. The fourth-order valence-corrected chi connectivity index (χ4v) is 3.49. The van der Waals surface area contributed by atoms with Crippen LogP contribution in [0.25, 0.3) is 0 Å². The summed E-state index contributed by atoms with van der Waals surface area (Å²) in [6.07, 6.45) is 1.30. The van der Waals surface area contributed by atoms with E-state index in [1.54, 1.807) is 23.1 Å². The summed E-state index contributed by atoms with van der Waals surface area (Å²) in [5.41, 5.74) is 0.0259. The van der Waals surface area contributed by atoms with Gasteiger partial charge in [0.25, 0.3) is 5.91 Å². The van der Waals surface area contributed by atoms with Gasteiger partial charge in [-0.25, -0.2) is 4.39 Å². The lowest BCUT2D eigenvalue weighted by Crippen LogP contribution is -2.43. The van der Waals surface area contributed by atoms with Crippen LogP contribution in [0.15, 0.2) is 35.7 Å². The average Bonchev–Trinajstić information content (AvgIpc) is 3.21. The van der Waals surface area contributed by atoms with Gasteiger partial charge in [0.2, 0.25) is 5.91 Å². The van der Waals surface area contributed by atoms with Crippen molar-refractivity contribution < 1.29 is 14.0 Å². The highest BCUT2D eigenvalue weighted by Crippen LogP contribution is 2.26. The summed E-state index contributed by atoms with van der Waals surface area (Å²) < 4.78 is 13.9. The lowest BCUT2D eigenvalue weighted by Gasteiger charge is -2.23. The molecule has 0 saturated carbocycles. The summed E-state index contributed by atoms with van der Waals surface area (Å²) in [7, 11) is 0. The first-order valence-electron chi connectivity index (χ1n) is 7.17. The third-order valence-electron chi connectivity index (χ3n) is 3.76. The molecule has 1 atom stereocenters. The molecular formula is C16H14ClFN2O2S. The summed E-state index contributed by atoms with van der Waals surface area (Å²) >= 11 is 7.05. The summed E-state index contributed by atoms with van der Waals surface area (Å²) in [5.74, 6) is -1.23. The fraction of sp³-hybridized carbons (Fsp3) is 0.250. The number of halogens is 2. The Morgan fingerprint density at radius 2 is 2.13 bits per heavy atom. The van der Waals surface area contributed by atoms with Crippen molar-refractivity contribution in [3.8, 4) is 0 Å². The molecule has 2 amide bonds. The molecule has 2 aromatic rings. The molecule has 1 aliphatic rings. The van der Waals surface area contributed by atoms with Gasteiger partial charge in [0, 0.05) is 6.54 Å². The number of nitrogens with zero attached hydrogens (tertiary/aromatic N) is 1. The lowest BCUT2D eigenvalue weighted by molar-refractivity contribution is -0.119. The molecule has 0 bridgehead atoms. The normalized spacial score (nSPS) is 17.3. The first-order valence-corrected chi connectivity index (χ1v) is 8.43. The first-order chi connectivity index (χ1) is 11.1. The van der Waals surface area contributed by atoms with Gasteiger partial charge in [0.1, 0.15) is 6.04 Å². The number of nitrogens with one attached hydrogen (secondary N) is 1. The standard InChI is InChI=1S/C16H14ClFN2O2S/c17-10-4-1-5-11(14(10)18)19-15(21)12-6-2-8-20(12)16(22)13-7-3-9-23-13/h1,3-5,7,9,12H,2,6,8H2,(H,19,21). The Morgan fingerprint density at radius 3 is 2.87 bits per heavy atom. The largest absolute Gasteiger partial charge is 0.326 e. The first kappa shape index (κ1) is 16.0. The molecule has 1 aromatic carbocycles. The second-order valence-electron chi connectivity index (χ2n) is 5.22. The zero-order valence-electron chi connectivity index (χ0n) is 12.1. The predicted molar refractivity (Wildman–Crippen MR) is 88.4 cm³/mol. The maximum absolute atomic E-state index is 13.9. The molecule has 120 valence electrons. The van der Waals surface area contributed by atoms with Crippen LogP contribution in [-0.4, -0.2) is 29.3 Å². The molecule has 0 aliphatic carbocycles. The van der Waals surface area contributed by atoms with Gasteiger partial charge in [-0.15, -0.1) is 11.3 Å². The van der Waals surface area contributed by atoms with Crippen molar-refractivity contribution >= 4 is 40.4 Å². The molecule has 7 heteroatoms. The number of likely N-dealkylation sites (tertiary alicyclic amines) is 1. The predicted octanol–water partition coefficient (Wildman–Crippen LogP) is 3.78. The number of rotatable bonds is 3. The Kier molecular flexibility index (Phi) is 4.63. The van der Waals surface area contributed by atoms with Gasteiger partial charge in [0.05, 0.1) is 15.6 Å². The van der Waals surface area contributed by atoms with Crippen molar-refractivity contribution in [1.29, 1.82) is 0 Å². The highest BCUT2D eigenvalue weighted by Gasteiger charge is 2.35. The zero-order valence-corrected chi connectivity index (χ0v) is 13.7. The Balaban J connectivity index is 1.76. The van der Waals surface area contributed by atoms with Crippen molar-refractivity contribution in [2.45, 2.75) is 18.9 Å². The molecule has 0 radical (unpaired) electrons. The maximum Gasteiger partial charge on any atom is 0.264 e. The van der Waals surface area contributed by atoms with Gasteiger partial charge in [-0.05, 0) is 36.4 Å². The number of anilines is 1. The highest BCUT2D eigenvalue weighted by molar-refractivity contribution is 7.12. The second-order valence-corrected chi connectivity index (χ2v) is 6.58. The fourth-order valence-electron chi connectivity index (χ4n) is 2.64. The van der Waals surface area contributed by atoms with E-state index in [0.29, 0.717) is 17.8 Å². The third kappa shape index (κ3) is 3.23. The molecule has 1 N–H and O–H groups in total. The summed E-state index contributed by atoms with van der Waals surface area (Å²) in [6.45, 7) is 0.521. The van der Waals surface area contributed by atoms with Crippen LogP contribution in [0.5, 0.6) is 0 Å². The zero-order chi connectivity index (χ0) is 16.4. The maximum atomic E-state index is 13.9. The van der Waals surface area contributed by atoms with Crippen molar-refractivity contribution in [2.24, 2.45) is 0 Å². The topological polar surface area (TPSA) is 49.4 Å². The number of thiophene rings is 1. The van der Waals surface area contributed by atoms with Crippen molar-refractivity contribution in [1.82, 2.24) is 4.90 Å². The number of hydrogen-bond donors (Lipinski definition) is 1. The van der Waals surface area contributed by atoms with E-state index in [-0.39, 0.29) is 16.6 Å². The van der Waals surface area contributed by atoms with E-state index in [1.807, 2.05) is 5.38 Å². The molecule has 3 rings (SSSR count). The molecule has 1 aromatic heterocycles. The van der Waals surface area contributed by atoms with Crippen LogP contribution in [0.3, 0.4) is 0 Å². The number of carbonyl (C=O) groups is 2. The highest BCUT2D eigenvalue weighted by atomic mass is 35.5. The molecule has 23 heavy (non-hydrogen) atoms. The van der Waals surface area contributed by atoms with Gasteiger partial charge in [0.15, 0.2) is 5.82 Å². The summed E-state index contributed by atoms with van der Waals surface area (Å²) in [4.78, 5) is 27.1. The quantitative estimate of drug-likeness (QED) is 0.913. The molecule has 1 aliphatic heterocycles. The van der Waals surface area contributed by atoms with Crippen LogP contribution < -0.4 is 5.32 Å². The minimum atomic E-state index is -0.670. The van der Waals surface area contributed by atoms with E-state index in [2.05, 4.69) is 5.32 Å². The van der Waals surface area contributed by atoms with Gasteiger partial charge in [-0.2, -0.15) is 0 Å². The Hall–Kier alpha value is -1.92. The van der Waals surface area contributed by atoms with Gasteiger partial charge < -0.3 is 10.2 Å².